The Labute approximate surface area is 810 Å². The molecule has 2 aromatic carbocycles. The molecule has 4 saturated heterocycles. The van der Waals surface area contributed by atoms with Crippen molar-refractivity contribution in [1.29, 1.82) is 0 Å². The van der Waals surface area contributed by atoms with E-state index in [4.69, 9.17) is 146 Å². The van der Waals surface area contributed by atoms with Crippen molar-refractivity contribution in [3.8, 4) is 11.5 Å². The number of nitrogens with zero attached hydrogens (tertiary/aromatic N) is 13. The van der Waals surface area contributed by atoms with Crippen LogP contribution in [0.1, 0.15) is 129 Å². The summed E-state index contributed by atoms with van der Waals surface area (Å²) in [7, 11) is 2.26. The van der Waals surface area contributed by atoms with E-state index in [1.165, 1.54) is 17.6 Å². The first kappa shape index (κ1) is 118. The number of carbonyl (C=O) groups is 5. The lowest BCUT2D eigenvalue weighted by atomic mass is 10.1. The van der Waals surface area contributed by atoms with E-state index in [1.807, 2.05) is 130 Å². The number of fused-ring (bicyclic) bond motifs is 2. The Morgan fingerprint density at radius 3 is 1.31 bits per heavy atom. The van der Waals surface area contributed by atoms with Gasteiger partial charge in [0, 0.05) is 116 Å². The molecule has 4 aliphatic heterocycles. The number of benzene rings is 2. The highest BCUT2D eigenvalue weighted by molar-refractivity contribution is 9.11. The first-order valence-electron chi connectivity index (χ1n) is 37.0. The average Bonchev–Trinajstić information content (AvgIpc) is 1.78. The molecular formula is C81H111BBr4Cl5N18O16S2. The lowest BCUT2D eigenvalue weighted by Crippen LogP contribution is -2.51. The molecule has 0 atom stereocenters. The van der Waals surface area contributed by atoms with Crippen molar-refractivity contribution in [2.24, 2.45) is 0 Å². The number of methoxy groups -OCH3 is 1. The van der Waals surface area contributed by atoms with Gasteiger partial charge in [-0.2, -0.15) is 23.6 Å². The highest BCUT2D eigenvalue weighted by atomic mass is 79.9. The molecule has 0 saturated carbocycles. The van der Waals surface area contributed by atoms with Gasteiger partial charge in [0.1, 0.15) is 90.7 Å². The Morgan fingerprint density at radius 1 is 0.488 bits per heavy atom. The number of nitrogen functional groups attached to an aromatic ring is 4. The summed E-state index contributed by atoms with van der Waals surface area (Å²) in [4.78, 5) is 126. The predicted molar refractivity (Wildman–Crippen MR) is 519 cm³/mol. The Hall–Kier alpha value is -8.51. The van der Waals surface area contributed by atoms with Gasteiger partial charge in [-0.1, -0.05) is 130 Å². The first-order chi connectivity index (χ1) is 57.6. The van der Waals surface area contributed by atoms with E-state index in [9.17, 15) is 24.0 Å². The molecule has 6 aromatic heterocycles. The second kappa shape index (κ2) is 56.8. The minimum absolute atomic E-state index is 0. The molecule has 8 aromatic rings. The molecule has 0 unspecified atom stereocenters. The van der Waals surface area contributed by atoms with E-state index >= 15 is 0 Å². The van der Waals surface area contributed by atoms with Crippen LogP contribution in [0.2, 0.25) is 25.2 Å². The van der Waals surface area contributed by atoms with Crippen molar-refractivity contribution in [3.05, 3.63) is 140 Å². The maximum Gasteiger partial charge on any atom is 0.569 e. The first-order valence-corrected chi connectivity index (χ1v) is 43.2. The number of carbonyl (C=O) groups excluding carboxylic acids is 9. The van der Waals surface area contributed by atoms with Crippen molar-refractivity contribution >= 4 is 251 Å². The van der Waals surface area contributed by atoms with Gasteiger partial charge >= 0.3 is 44.4 Å². The van der Waals surface area contributed by atoms with Crippen molar-refractivity contribution in [1.82, 2.24) is 64.0 Å². The van der Waals surface area contributed by atoms with Crippen LogP contribution in [0, 0.1) is 0 Å². The summed E-state index contributed by atoms with van der Waals surface area (Å²) in [6.07, 6.45) is -0.648. The molecule has 4 aliphatic rings. The number of rotatable bonds is 6. The smallest absolute Gasteiger partial charge is 0.537 e. The van der Waals surface area contributed by atoms with Crippen LogP contribution < -0.4 is 42.5 Å². The molecule has 0 bridgehead atoms. The number of pyridine rings is 5. The molecule has 5 amide bonds. The van der Waals surface area contributed by atoms with E-state index < -0.39 is 16.8 Å². The minimum atomic E-state index is -0.543. The second-order valence-corrected chi connectivity index (χ2v) is 36.0. The maximum absolute atomic E-state index is 12.6. The number of halogens is 9. The number of nitrogens with two attached hydrogens (primary N) is 4. The van der Waals surface area contributed by atoms with Gasteiger partial charge in [-0.25, -0.2) is 44.1 Å². The molecule has 12 rings (SSSR count). The van der Waals surface area contributed by atoms with Gasteiger partial charge in [0.2, 0.25) is 0 Å². The zero-order chi connectivity index (χ0) is 92.4. The number of thiocarbonyl (C=S) groups is 1. The summed E-state index contributed by atoms with van der Waals surface area (Å²) >= 11 is 49.3. The second-order valence-electron chi connectivity index (χ2n) is 29.8. The van der Waals surface area contributed by atoms with Crippen molar-refractivity contribution < 1.29 is 76.5 Å². The molecular weight excluding hydrogens is 2050 g/mol. The van der Waals surface area contributed by atoms with Gasteiger partial charge in [-0.15, -0.1) is 0 Å². The normalized spacial score (nSPS) is 13.3. The summed E-state index contributed by atoms with van der Waals surface area (Å²) in [5.74, 6) is 2.47. The molecule has 46 heteroatoms. The molecule has 10 heterocycles. The van der Waals surface area contributed by atoms with E-state index in [2.05, 4.69) is 103 Å². The van der Waals surface area contributed by atoms with Gasteiger partial charge in [0.25, 0.3) is 5.91 Å². The summed E-state index contributed by atoms with van der Waals surface area (Å²) < 4.78 is 38.1. The summed E-state index contributed by atoms with van der Waals surface area (Å²) in [5, 5.41) is 17.7. The topological polar surface area (TPSA) is 445 Å². The van der Waals surface area contributed by atoms with Crippen LogP contribution in [0.3, 0.4) is 0 Å². The molecule has 0 spiro atoms. The van der Waals surface area contributed by atoms with E-state index in [0.29, 0.717) is 165 Å². The lowest BCUT2D eigenvalue weighted by molar-refractivity contribution is -0.193. The van der Waals surface area contributed by atoms with Gasteiger partial charge < -0.3 is 95.9 Å². The number of amides is 5. The minimum Gasteiger partial charge on any atom is -0.537 e. The molecule has 34 nitrogen and oxygen atoms in total. The molecule has 10 N–H and O–H groups in total. The van der Waals surface area contributed by atoms with Crippen LogP contribution in [-0.2, 0) is 38.1 Å². The zero-order valence-electron chi connectivity index (χ0n) is 69.4. The largest absolute Gasteiger partial charge is 0.569 e. The van der Waals surface area contributed by atoms with Crippen molar-refractivity contribution in [3.63, 3.8) is 0 Å². The summed E-state index contributed by atoms with van der Waals surface area (Å²) in [6.45, 7) is 31.9. The van der Waals surface area contributed by atoms with Gasteiger partial charge in [0.05, 0.1) is 43.7 Å². The van der Waals surface area contributed by atoms with E-state index in [1.54, 1.807) is 68.0 Å². The van der Waals surface area contributed by atoms with Gasteiger partial charge in [-0.05, 0) is 212 Å². The maximum atomic E-state index is 12.6. The third-order valence-electron chi connectivity index (χ3n) is 15.9. The lowest BCUT2D eigenvalue weighted by Gasteiger charge is -2.37. The van der Waals surface area contributed by atoms with Gasteiger partial charge in [0.15, 0.2) is 5.65 Å². The summed E-state index contributed by atoms with van der Waals surface area (Å²) in [6, 6.07) is 25.1. The fourth-order valence-corrected chi connectivity index (χ4v) is 13.7. The number of ether oxygens (including phenoxy) is 5. The Kier molecular flexibility index (Phi) is 53.0. The van der Waals surface area contributed by atoms with Gasteiger partial charge in [-0.3, -0.25) is 4.79 Å². The number of nitrogens with one attached hydrogen (secondary N) is 1. The van der Waals surface area contributed by atoms with E-state index in [-0.39, 0.29) is 94.4 Å². The quantitative estimate of drug-likeness (QED) is 0.0390. The molecule has 0 aliphatic carbocycles. The predicted octanol–water partition coefficient (Wildman–Crippen LogP) is 17.6. The zero-order valence-corrected chi connectivity index (χ0v) is 81.1. The van der Waals surface area contributed by atoms with Crippen LogP contribution in [0.5, 0.6) is 11.5 Å². The monoisotopic (exact) mass is 2160 g/mol. The van der Waals surface area contributed by atoms with E-state index in [0.717, 1.165) is 51.9 Å². The van der Waals surface area contributed by atoms with Crippen LogP contribution in [0.25, 0.3) is 21.8 Å². The molecule has 1 radical (unpaired) electrons. The number of aromatic nitrogens is 6. The average molecular weight is 2160 g/mol. The SMILES string of the molecule is C.C.C.C.CC(C)(C)OC(=O)N1CCN(C(=O)c2cc(Cl)c(Br)nc2N)CC1.CC(C)(C)OC(=O)N1CCN(C(=S)c2cc(Cl)c(Br)nc2N)CC1.CC(C)(C)OC(=O)N1CCN(c2snc3nc(Cl)c(Cl)cc23)CC1.CC(C)(C)OC(=O)N1CCNCC1.COc1cc(O[B]O)c2ccccc2c1.Nc1ccc(Cl)c(Br)n1.Nc1cccc(Br)n1.O=C=O.O=C=O. The highest BCUT2D eigenvalue weighted by Gasteiger charge is 2.33. The number of hydrogen-bond donors (Lipinski definition) is 6. The third-order valence-corrected chi connectivity index (χ3v) is 21.8. The molecule has 127 heavy (non-hydrogen) atoms. The standard InChI is InChI=1S/C15H20BrClN4O3.C15H20BrClN4O2S.C15H18Cl2N4O2S.C11H10BO3.C9H18N2O2.C5H4BrClN2.C5H5BrN2.2CO2.4CH4/c1-15(2,3)24-14(23)21-6-4-20(5-7-21)13(22)9-8-10(17)11(16)19-12(9)18;1-15(2,3)23-14(22)21-6-4-20(5-7-21)13(24)9-8-10(17)11(16)19-12(9)18;1-15(2,3)23-14(22)21-6-4-20(5-7-21)13-9-8-10(16)11(17)18-12(9)19-24-13;1-14-9-6-8-4-2-3-5-10(8)11(7-9)15-12-13;1-9(2,3)13-8(12)11-6-4-10-5-7-11;6-5-3(7)1-2-4(8)9-5;6-4-2-1-3-5(7)8-4;2*2-1-3;;;;/h2*8H,4-7H2,1-3H3,(H2,18,19);8H,4-7H2,1-3H3;2-7,13H,1H3;10H,4-7H2,1-3H3;1-2H,(H2,8,9);1-3H,(H2,7,8);;;4*1H4. The van der Waals surface area contributed by atoms with Crippen LogP contribution in [-0.4, -0.2) is 253 Å². The molecule has 699 valence electrons. The van der Waals surface area contributed by atoms with Crippen LogP contribution in [0.15, 0.2) is 103 Å². The Bertz CT molecular complexity index is 4800. The fourth-order valence-electron chi connectivity index (χ4n) is 10.5. The Morgan fingerprint density at radius 2 is 0.898 bits per heavy atom. The van der Waals surface area contributed by atoms with Crippen LogP contribution in [0.4, 0.5) is 47.5 Å². The number of hydrogen-bond acceptors (Lipinski definition) is 30. The number of anilines is 5. The third kappa shape index (κ3) is 41.9. The molecule has 4 fully saturated rings. The van der Waals surface area contributed by atoms with Crippen LogP contribution >= 0.6 is 145 Å². The fraction of sp³-hybridized carbons (Fsp3) is 0.457. The summed E-state index contributed by atoms with van der Waals surface area (Å²) in [5.41, 5.74) is 22.0. The Balaban J connectivity index is 0.00000147. The van der Waals surface area contributed by atoms with Crippen molar-refractivity contribution in [2.45, 2.75) is 135 Å². The van der Waals surface area contributed by atoms with Crippen molar-refractivity contribution in [2.75, 3.05) is 140 Å². The highest BCUT2D eigenvalue weighted by Crippen LogP contribution is 2.36. The number of piperazine rings is 4.